The van der Waals surface area contributed by atoms with Gasteiger partial charge in [-0.1, -0.05) is 30.3 Å². The molecule has 0 aliphatic rings. The Morgan fingerprint density at radius 3 is 2.75 bits per heavy atom. The van der Waals surface area contributed by atoms with E-state index in [1.807, 2.05) is 63.4 Å². The molecule has 0 bridgehead atoms. The van der Waals surface area contributed by atoms with Crippen molar-refractivity contribution in [2.45, 2.75) is 46.8 Å². The molecule has 28 heavy (non-hydrogen) atoms. The maximum atomic E-state index is 13.1. The standard InChI is InChI=1S/C21H25N3O3S/c1-5-16(26-17-10-7-9-14(3)15(17)4)21(25)24(6-2)13-19-22-20(23-27-19)18-11-8-12-28-18/h7-12,16H,5-6,13H2,1-4H3/t16-/m0/s1. The van der Waals surface area contributed by atoms with E-state index >= 15 is 0 Å². The van der Waals surface area contributed by atoms with Gasteiger partial charge in [-0.25, -0.2) is 0 Å². The molecular formula is C21H25N3O3S. The lowest BCUT2D eigenvalue weighted by Crippen LogP contribution is -2.41. The highest BCUT2D eigenvalue weighted by Crippen LogP contribution is 2.24. The Hall–Kier alpha value is -2.67. The number of likely N-dealkylation sites (N-methyl/N-ethyl adjacent to an activating group) is 1. The summed E-state index contributed by atoms with van der Waals surface area (Å²) < 4.78 is 11.4. The number of ether oxygens (including phenoxy) is 1. The molecule has 0 radical (unpaired) electrons. The Bertz CT molecular complexity index is 921. The molecule has 0 spiro atoms. The zero-order chi connectivity index (χ0) is 20.1. The first-order chi connectivity index (χ1) is 13.5. The summed E-state index contributed by atoms with van der Waals surface area (Å²) >= 11 is 1.55. The van der Waals surface area contributed by atoms with Gasteiger partial charge in [-0.15, -0.1) is 11.3 Å². The van der Waals surface area contributed by atoms with Crippen molar-refractivity contribution in [2.75, 3.05) is 6.54 Å². The first kappa shape index (κ1) is 20.1. The van der Waals surface area contributed by atoms with E-state index < -0.39 is 6.10 Å². The summed E-state index contributed by atoms with van der Waals surface area (Å²) in [4.78, 5) is 20.1. The van der Waals surface area contributed by atoms with Gasteiger partial charge in [-0.05, 0) is 55.8 Å². The Morgan fingerprint density at radius 2 is 2.07 bits per heavy atom. The van der Waals surface area contributed by atoms with Gasteiger partial charge in [0.1, 0.15) is 12.3 Å². The monoisotopic (exact) mass is 399 g/mol. The quantitative estimate of drug-likeness (QED) is 0.553. The van der Waals surface area contributed by atoms with Gasteiger partial charge in [-0.2, -0.15) is 4.98 Å². The number of thiophene rings is 1. The van der Waals surface area contributed by atoms with Crippen LogP contribution in [0.5, 0.6) is 5.75 Å². The van der Waals surface area contributed by atoms with Crippen LogP contribution >= 0.6 is 11.3 Å². The minimum Gasteiger partial charge on any atom is -0.480 e. The zero-order valence-electron chi connectivity index (χ0n) is 16.6. The van der Waals surface area contributed by atoms with Crippen molar-refractivity contribution in [3.05, 3.63) is 52.7 Å². The summed E-state index contributed by atoms with van der Waals surface area (Å²) in [6.45, 7) is 8.71. The third-order valence-electron chi connectivity index (χ3n) is 4.70. The van der Waals surface area contributed by atoms with Crippen LogP contribution in [0.15, 0.2) is 40.2 Å². The lowest BCUT2D eigenvalue weighted by atomic mass is 10.1. The lowest BCUT2D eigenvalue weighted by Gasteiger charge is -2.25. The maximum absolute atomic E-state index is 13.1. The normalized spacial score (nSPS) is 12.0. The molecular weight excluding hydrogens is 374 g/mol. The molecule has 1 atom stereocenters. The number of carbonyl (C=O) groups excluding carboxylic acids is 1. The second-order valence-electron chi connectivity index (χ2n) is 6.55. The van der Waals surface area contributed by atoms with Gasteiger partial charge in [-0.3, -0.25) is 4.79 Å². The molecule has 3 rings (SSSR count). The third kappa shape index (κ3) is 4.42. The molecule has 2 aromatic heterocycles. The van der Waals surface area contributed by atoms with E-state index in [0.29, 0.717) is 24.7 Å². The van der Waals surface area contributed by atoms with E-state index in [1.54, 1.807) is 16.2 Å². The Balaban J connectivity index is 1.71. The number of aryl methyl sites for hydroxylation is 1. The van der Waals surface area contributed by atoms with Gasteiger partial charge in [0.15, 0.2) is 6.10 Å². The van der Waals surface area contributed by atoms with Crippen LogP contribution in [0.2, 0.25) is 0 Å². The number of hydrogen-bond acceptors (Lipinski definition) is 6. The molecule has 0 N–H and O–H groups in total. The summed E-state index contributed by atoms with van der Waals surface area (Å²) in [5.74, 6) is 1.63. The molecule has 0 fully saturated rings. The molecule has 2 heterocycles. The van der Waals surface area contributed by atoms with E-state index in [1.165, 1.54) is 0 Å². The van der Waals surface area contributed by atoms with Crippen molar-refractivity contribution in [1.82, 2.24) is 15.0 Å². The summed E-state index contributed by atoms with van der Waals surface area (Å²) in [6.07, 6.45) is 0.0210. The van der Waals surface area contributed by atoms with Gasteiger partial charge < -0.3 is 14.2 Å². The number of amides is 1. The minimum atomic E-state index is -0.555. The van der Waals surface area contributed by atoms with Gasteiger partial charge in [0.25, 0.3) is 5.91 Å². The first-order valence-corrected chi connectivity index (χ1v) is 10.3. The molecule has 0 aliphatic carbocycles. The molecule has 0 aliphatic heterocycles. The number of aromatic nitrogens is 2. The SMILES string of the molecule is CC[C@H](Oc1cccc(C)c1C)C(=O)N(CC)Cc1nc(-c2cccs2)no1. The molecule has 148 valence electrons. The topological polar surface area (TPSA) is 68.5 Å². The fourth-order valence-corrected chi connectivity index (χ4v) is 3.50. The predicted molar refractivity (Wildman–Crippen MR) is 109 cm³/mol. The van der Waals surface area contributed by atoms with Crippen molar-refractivity contribution < 1.29 is 14.1 Å². The smallest absolute Gasteiger partial charge is 0.264 e. The number of carbonyl (C=O) groups is 1. The van der Waals surface area contributed by atoms with Crippen LogP contribution < -0.4 is 4.74 Å². The molecule has 7 heteroatoms. The van der Waals surface area contributed by atoms with Gasteiger partial charge >= 0.3 is 0 Å². The highest BCUT2D eigenvalue weighted by molar-refractivity contribution is 7.13. The van der Waals surface area contributed by atoms with Crippen LogP contribution in [0, 0.1) is 13.8 Å². The fourth-order valence-electron chi connectivity index (χ4n) is 2.85. The van der Waals surface area contributed by atoms with Crippen molar-refractivity contribution >= 4 is 17.2 Å². The summed E-state index contributed by atoms with van der Waals surface area (Å²) in [7, 11) is 0. The van der Waals surface area contributed by atoms with Crippen LogP contribution in [0.3, 0.4) is 0 Å². The Morgan fingerprint density at radius 1 is 1.25 bits per heavy atom. The Labute approximate surface area is 169 Å². The van der Waals surface area contributed by atoms with Crippen molar-refractivity contribution in [1.29, 1.82) is 0 Å². The highest BCUT2D eigenvalue weighted by atomic mass is 32.1. The van der Waals surface area contributed by atoms with Crippen molar-refractivity contribution in [3.63, 3.8) is 0 Å². The summed E-state index contributed by atoms with van der Waals surface area (Å²) in [5.41, 5.74) is 2.19. The van der Waals surface area contributed by atoms with Crippen LogP contribution in [0.25, 0.3) is 10.7 Å². The molecule has 3 aromatic rings. The largest absolute Gasteiger partial charge is 0.480 e. The third-order valence-corrected chi connectivity index (χ3v) is 5.57. The molecule has 0 saturated heterocycles. The molecule has 6 nitrogen and oxygen atoms in total. The van der Waals surface area contributed by atoms with Crippen LogP contribution in [0.1, 0.15) is 37.3 Å². The van der Waals surface area contributed by atoms with E-state index in [9.17, 15) is 4.79 Å². The number of benzene rings is 1. The van der Waals surface area contributed by atoms with Crippen molar-refractivity contribution in [3.8, 4) is 16.5 Å². The van der Waals surface area contributed by atoms with Crippen LogP contribution in [0.4, 0.5) is 0 Å². The average Bonchev–Trinajstić information content (AvgIpc) is 3.38. The zero-order valence-corrected chi connectivity index (χ0v) is 17.5. The van der Waals surface area contributed by atoms with Gasteiger partial charge in [0, 0.05) is 6.54 Å². The van der Waals surface area contributed by atoms with Crippen LogP contribution in [-0.2, 0) is 11.3 Å². The van der Waals surface area contributed by atoms with E-state index in [-0.39, 0.29) is 12.5 Å². The molecule has 1 aromatic carbocycles. The lowest BCUT2D eigenvalue weighted by molar-refractivity contribution is -0.139. The van der Waals surface area contributed by atoms with Crippen LogP contribution in [-0.4, -0.2) is 33.6 Å². The predicted octanol–water partition coefficient (Wildman–Crippen LogP) is 4.62. The van der Waals surface area contributed by atoms with Crippen molar-refractivity contribution in [2.24, 2.45) is 0 Å². The summed E-state index contributed by atoms with van der Waals surface area (Å²) in [6, 6.07) is 9.75. The average molecular weight is 400 g/mol. The van der Waals surface area contributed by atoms with E-state index in [4.69, 9.17) is 9.26 Å². The van der Waals surface area contributed by atoms with E-state index in [0.717, 1.165) is 21.8 Å². The maximum Gasteiger partial charge on any atom is 0.264 e. The molecule has 0 saturated carbocycles. The second kappa shape index (κ2) is 9.01. The number of nitrogens with zero attached hydrogens (tertiary/aromatic N) is 3. The second-order valence-corrected chi connectivity index (χ2v) is 7.50. The van der Waals surface area contributed by atoms with Gasteiger partial charge in [0.05, 0.1) is 4.88 Å². The molecule has 0 unspecified atom stereocenters. The Kier molecular flexibility index (Phi) is 6.46. The number of hydrogen-bond donors (Lipinski definition) is 0. The first-order valence-electron chi connectivity index (χ1n) is 9.41. The molecule has 1 amide bonds. The summed E-state index contributed by atoms with van der Waals surface area (Å²) in [5, 5.41) is 5.98. The fraction of sp³-hybridized carbons (Fsp3) is 0.381. The minimum absolute atomic E-state index is 0.0817. The van der Waals surface area contributed by atoms with E-state index in [2.05, 4.69) is 10.1 Å². The van der Waals surface area contributed by atoms with Gasteiger partial charge in [0.2, 0.25) is 11.7 Å². The number of rotatable bonds is 8. The highest BCUT2D eigenvalue weighted by Gasteiger charge is 2.26.